The summed E-state index contributed by atoms with van der Waals surface area (Å²) in [7, 11) is 0. The highest BCUT2D eigenvalue weighted by molar-refractivity contribution is 5.99. The minimum atomic E-state index is -1.42. The third-order valence-electron chi connectivity index (χ3n) is 3.15. The average Bonchev–Trinajstić information content (AvgIpc) is 2.45. The van der Waals surface area contributed by atoms with Crippen LogP contribution in [0.2, 0.25) is 0 Å². The van der Waals surface area contributed by atoms with Crippen molar-refractivity contribution in [2.24, 2.45) is 5.41 Å². The van der Waals surface area contributed by atoms with Crippen molar-refractivity contribution in [2.75, 3.05) is 0 Å². The predicted molar refractivity (Wildman–Crippen MR) is 90.7 cm³/mol. The zero-order valence-electron chi connectivity index (χ0n) is 16.5. The highest BCUT2D eigenvalue weighted by Gasteiger charge is 2.50. The first-order valence-electron chi connectivity index (χ1n) is 8.68. The molecule has 0 spiro atoms. The van der Waals surface area contributed by atoms with E-state index in [0.717, 1.165) is 6.42 Å². The molecule has 6 heteroatoms. The van der Waals surface area contributed by atoms with Gasteiger partial charge in [-0.15, -0.1) is 0 Å². The molecule has 0 rings (SSSR count). The van der Waals surface area contributed by atoms with Crippen LogP contribution in [0.5, 0.6) is 0 Å². The van der Waals surface area contributed by atoms with Crippen molar-refractivity contribution in [2.45, 2.75) is 98.7 Å². The van der Waals surface area contributed by atoms with Gasteiger partial charge in [-0.05, 0) is 54.4 Å². The van der Waals surface area contributed by atoms with E-state index in [1.54, 1.807) is 41.5 Å². The highest BCUT2D eigenvalue weighted by atomic mass is 17.2. The standard InChI is InChI=1S/C18H34O6/c1-9-11-13-18(12-10-2,14(19)21-23-16(3,4)5)15(20)22-24-17(6,7)8/h9-13H2,1-8H3. The molecule has 0 aromatic heterocycles. The van der Waals surface area contributed by atoms with Crippen molar-refractivity contribution < 1.29 is 29.1 Å². The van der Waals surface area contributed by atoms with Crippen LogP contribution >= 0.6 is 0 Å². The van der Waals surface area contributed by atoms with Gasteiger partial charge in [-0.2, -0.15) is 9.78 Å². The fourth-order valence-electron chi connectivity index (χ4n) is 2.01. The molecule has 0 saturated heterocycles. The Labute approximate surface area is 146 Å². The fraction of sp³-hybridized carbons (Fsp3) is 0.889. The number of rotatable bonds is 9. The highest BCUT2D eigenvalue weighted by Crippen LogP contribution is 2.35. The normalized spacial score (nSPS) is 12.8. The maximum absolute atomic E-state index is 12.7. The number of hydrogen-bond donors (Lipinski definition) is 0. The Kier molecular flexibility index (Phi) is 8.93. The molecule has 0 heterocycles. The maximum Gasteiger partial charge on any atom is 0.359 e. The summed E-state index contributed by atoms with van der Waals surface area (Å²) in [4.78, 5) is 45.5. The minimum Gasteiger partial charge on any atom is -0.297 e. The molecule has 0 atom stereocenters. The molecule has 0 saturated carbocycles. The second-order valence-corrected chi connectivity index (χ2v) is 8.07. The zero-order chi connectivity index (χ0) is 19.0. The van der Waals surface area contributed by atoms with Crippen LogP contribution in [0.4, 0.5) is 0 Å². The van der Waals surface area contributed by atoms with E-state index in [4.69, 9.17) is 19.6 Å². The summed E-state index contributed by atoms with van der Waals surface area (Å²) in [5.74, 6) is -1.45. The first-order chi connectivity index (χ1) is 10.9. The molecule has 0 aromatic rings. The van der Waals surface area contributed by atoms with Crippen LogP contribution < -0.4 is 0 Å². The smallest absolute Gasteiger partial charge is 0.297 e. The summed E-state index contributed by atoms with van der Waals surface area (Å²) in [5, 5.41) is 0. The molecule has 0 N–H and O–H groups in total. The quantitative estimate of drug-likeness (QED) is 0.347. The van der Waals surface area contributed by atoms with Gasteiger partial charge in [0.15, 0.2) is 5.41 Å². The van der Waals surface area contributed by atoms with Gasteiger partial charge in [0.25, 0.3) is 0 Å². The molecular formula is C18H34O6. The number of unbranched alkanes of at least 4 members (excludes halogenated alkanes) is 1. The van der Waals surface area contributed by atoms with Gasteiger partial charge in [0.05, 0.1) is 0 Å². The Morgan fingerprint density at radius 2 is 1.12 bits per heavy atom. The lowest BCUT2D eigenvalue weighted by atomic mass is 9.79. The van der Waals surface area contributed by atoms with Gasteiger partial charge in [0, 0.05) is 0 Å². The number of carbonyl (C=O) groups is 2. The molecule has 0 aliphatic heterocycles. The summed E-state index contributed by atoms with van der Waals surface area (Å²) >= 11 is 0. The van der Waals surface area contributed by atoms with E-state index in [0.29, 0.717) is 25.7 Å². The lowest BCUT2D eigenvalue weighted by Gasteiger charge is -2.30. The molecule has 0 amide bonds. The van der Waals surface area contributed by atoms with Crippen molar-refractivity contribution in [1.29, 1.82) is 0 Å². The van der Waals surface area contributed by atoms with Crippen molar-refractivity contribution in [3.63, 3.8) is 0 Å². The SMILES string of the molecule is CCCCC(CCC)(C(=O)OOC(C)(C)C)C(=O)OOC(C)(C)C. The van der Waals surface area contributed by atoms with E-state index in [1.807, 2.05) is 13.8 Å². The second-order valence-electron chi connectivity index (χ2n) is 8.07. The Bertz CT molecular complexity index is 373. The van der Waals surface area contributed by atoms with Crippen LogP contribution in [-0.2, 0) is 29.1 Å². The monoisotopic (exact) mass is 346 g/mol. The molecule has 0 radical (unpaired) electrons. The molecule has 24 heavy (non-hydrogen) atoms. The Hall–Kier alpha value is -1.14. The molecular weight excluding hydrogens is 312 g/mol. The summed E-state index contributed by atoms with van der Waals surface area (Å²) in [6, 6.07) is 0. The van der Waals surface area contributed by atoms with Crippen LogP contribution in [0, 0.1) is 5.41 Å². The Morgan fingerprint density at radius 3 is 1.42 bits per heavy atom. The van der Waals surface area contributed by atoms with E-state index < -0.39 is 28.6 Å². The predicted octanol–water partition coefficient (Wildman–Crippen LogP) is 4.51. The van der Waals surface area contributed by atoms with Crippen LogP contribution in [0.25, 0.3) is 0 Å². The Morgan fingerprint density at radius 1 is 0.708 bits per heavy atom. The summed E-state index contributed by atoms with van der Waals surface area (Å²) in [6.45, 7) is 14.4. The van der Waals surface area contributed by atoms with Crippen molar-refractivity contribution in [1.82, 2.24) is 0 Å². The van der Waals surface area contributed by atoms with Crippen molar-refractivity contribution >= 4 is 11.9 Å². The van der Waals surface area contributed by atoms with Gasteiger partial charge < -0.3 is 0 Å². The molecule has 0 aliphatic carbocycles. The van der Waals surface area contributed by atoms with Gasteiger partial charge in [0.1, 0.15) is 11.2 Å². The van der Waals surface area contributed by atoms with Crippen LogP contribution in [0.15, 0.2) is 0 Å². The van der Waals surface area contributed by atoms with E-state index in [2.05, 4.69) is 0 Å². The third kappa shape index (κ3) is 8.11. The van der Waals surface area contributed by atoms with Gasteiger partial charge in [-0.1, -0.05) is 33.1 Å². The van der Waals surface area contributed by atoms with Crippen LogP contribution in [0.3, 0.4) is 0 Å². The fourth-order valence-corrected chi connectivity index (χ4v) is 2.01. The summed E-state index contributed by atoms with van der Waals surface area (Å²) < 4.78 is 0. The number of carbonyl (C=O) groups excluding carboxylic acids is 2. The van der Waals surface area contributed by atoms with Gasteiger partial charge in [-0.3, -0.25) is 9.78 Å². The van der Waals surface area contributed by atoms with Crippen LogP contribution in [-0.4, -0.2) is 23.1 Å². The summed E-state index contributed by atoms with van der Waals surface area (Å²) in [5.41, 5.74) is -2.74. The molecule has 0 aromatic carbocycles. The van der Waals surface area contributed by atoms with E-state index in [1.165, 1.54) is 0 Å². The summed E-state index contributed by atoms with van der Waals surface area (Å²) in [6.07, 6.45) is 2.79. The Balaban J connectivity index is 5.36. The van der Waals surface area contributed by atoms with E-state index in [9.17, 15) is 9.59 Å². The molecule has 6 nitrogen and oxygen atoms in total. The van der Waals surface area contributed by atoms with Gasteiger partial charge in [0.2, 0.25) is 0 Å². The van der Waals surface area contributed by atoms with E-state index >= 15 is 0 Å². The largest absolute Gasteiger partial charge is 0.359 e. The molecule has 0 aliphatic rings. The first-order valence-corrected chi connectivity index (χ1v) is 8.68. The number of hydrogen-bond acceptors (Lipinski definition) is 6. The topological polar surface area (TPSA) is 71.1 Å². The van der Waals surface area contributed by atoms with Gasteiger partial charge in [-0.25, -0.2) is 9.59 Å². The van der Waals surface area contributed by atoms with Crippen molar-refractivity contribution in [3.8, 4) is 0 Å². The third-order valence-corrected chi connectivity index (χ3v) is 3.15. The maximum atomic E-state index is 12.7. The minimum absolute atomic E-state index is 0.311. The second kappa shape index (κ2) is 9.37. The van der Waals surface area contributed by atoms with Gasteiger partial charge >= 0.3 is 11.9 Å². The molecule has 0 unspecified atom stereocenters. The molecule has 0 bridgehead atoms. The lowest BCUT2D eigenvalue weighted by molar-refractivity contribution is -0.340. The first kappa shape index (κ1) is 22.9. The van der Waals surface area contributed by atoms with Crippen LogP contribution in [0.1, 0.15) is 87.5 Å². The van der Waals surface area contributed by atoms with E-state index in [-0.39, 0.29) is 0 Å². The van der Waals surface area contributed by atoms with Crippen molar-refractivity contribution in [3.05, 3.63) is 0 Å². The average molecular weight is 346 g/mol. The molecule has 142 valence electrons. The molecule has 0 fully saturated rings. The lowest BCUT2D eigenvalue weighted by Crippen LogP contribution is -2.44. The zero-order valence-corrected chi connectivity index (χ0v) is 16.5.